The molecule has 4 nitrogen and oxygen atoms in total. The van der Waals surface area contributed by atoms with E-state index in [0.717, 1.165) is 33.5 Å². The number of hydrogen-bond acceptors (Lipinski definition) is 3. The average molecular weight is 388 g/mol. The van der Waals surface area contributed by atoms with Gasteiger partial charge in [0.15, 0.2) is 0 Å². The van der Waals surface area contributed by atoms with Crippen molar-refractivity contribution in [3.05, 3.63) is 68.4 Å². The molecular formula is C19H18BrNO3. The Balaban J connectivity index is 2.15. The third-order valence-corrected chi connectivity index (χ3v) is 4.63. The fourth-order valence-electron chi connectivity index (χ4n) is 2.76. The lowest BCUT2D eigenvalue weighted by atomic mass is 10.1. The number of fused-ring (bicyclic) bond motifs is 1. The van der Waals surface area contributed by atoms with Gasteiger partial charge >= 0.3 is 0 Å². The number of halogens is 1. The number of benzene rings is 2. The van der Waals surface area contributed by atoms with Crippen molar-refractivity contribution >= 4 is 26.8 Å². The Kier molecular flexibility index (Phi) is 4.62. The molecular weight excluding hydrogens is 370 g/mol. The van der Waals surface area contributed by atoms with E-state index < -0.39 is 0 Å². The molecule has 0 aliphatic heterocycles. The highest BCUT2D eigenvalue weighted by Gasteiger charge is 2.11. The molecule has 0 spiro atoms. The van der Waals surface area contributed by atoms with E-state index in [0.29, 0.717) is 11.0 Å². The van der Waals surface area contributed by atoms with Crippen molar-refractivity contribution in [3.63, 3.8) is 0 Å². The van der Waals surface area contributed by atoms with Crippen LogP contribution in [-0.4, -0.2) is 18.8 Å². The van der Waals surface area contributed by atoms with Gasteiger partial charge in [0, 0.05) is 5.39 Å². The van der Waals surface area contributed by atoms with Crippen molar-refractivity contribution in [1.82, 2.24) is 4.57 Å². The fraction of sp³-hybridized carbons (Fsp3) is 0.211. The first-order chi connectivity index (χ1) is 11.5. The Hall–Kier alpha value is -2.27. The second kappa shape index (κ2) is 6.69. The highest BCUT2D eigenvalue weighted by atomic mass is 79.9. The minimum Gasteiger partial charge on any atom is -0.497 e. The molecule has 0 saturated carbocycles. The van der Waals surface area contributed by atoms with Crippen LogP contribution in [0.5, 0.6) is 11.5 Å². The molecule has 3 aromatic rings. The molecule has 0 aliphatic rings. The summed E-state index contributed by atoms with van der Waals surface area (Å²) in [4.78, 5) is 12.6. The minimum atomic E-state index is -0.0529. The van der Waals surface area contributed by atoms with Crippen molar-refractivity contribution in [3.8, 4) is 11.5 Å². The molecule has 124 valence electrons. The smallest absolute Gasteiger partial charge is 0.265 e. The zero-order valence-corrected chi connectivity index (χ0v) is 15.4. The zero-order valence-electron chi connectivity index (χ0n) is 13.8. The van der Waals surface area contributed by atoms with Gasteiger partial charge in [-0.1, -0.05) is 12.1 Å². The van der Waals surface area contributed by atoms with Crippen LogP contribution in [0, 0.1) is 6.92 Å². The first kappa shape index (κ1) is 16.6. The highest BCUT2D eigenvalue weighted by molar-refractivity contribution is 9.10. The average Bonchev–Trinajstić information content (AvgIpc) is 2.59. The van der Waals surface area contributed by atoms with E-state index in [1.165, 1.54) is 0 Å². The Morgan fingerprint density at radius 3 is 2.38 bits per heavy atom. The maximum atomic E-state index is 12.6. The van der Waals surface area contributed by atoms with Gasteiger partial charge in [-0.15, -0.1) is 0 Å². The monoisotopic (exact) mass is 387 g/mol. The SMILES string of the molecule is COc1ccc(Cn2c(=O)c(Br)cc3cc(OC)c(C)cc32)cc1. The molecule has 0 fully saturated rings. The fourth-order valence-corrected chi connectivity index (χ4v) is 3.23. The van der Waals surface area contributed by atoms with E-state index in [-0.39, 0.29) is 5.56 Å². The van der Waals surface area contributed by atoms with E-state index >= 15 is 0 Å². The maximum Gasteiger partial charge on any atom is 0.265 e. The van der Waals surface area contributed by atoms with Crippen LogP contribution in [0.1, 0.15) is 11.1 Å². The number of ether oxygens (including phenoxy) is 2. The molecule has 0 saturated heterocycles. The molecule has 2 aromatic carbocycles. The van der Waals surface area contributed by atoms with Gasteiger partial charge in [0.25, 0.3) is 5.56 Å². The third-order valence-electron chi connectivity index (χ3n) is 4.07. The lowest BCUT2D eigenvalue weighted by Gasteiger charge is -2.14. The number of aromatic nitrogens is 1. The Morgan fingerprint density at radius 1 is 1.04 bits per heavy atom. The molecule has 0 atom stereocenters. The topological polar surface area (TPSA) is 40.5 Å². The summed E-state index contributed by atoms with van der Waals surface area (Å²) in [5, 5.41) is 0.956. The number of methoxy groups -OCH3 is 2. The largest absolute Gasteiger partial charge is 0.497 e. The van der Waals surface area contributed by atoms with Crippen molar-refractivity contribution in [1.29, 1.82) is 0 Å². The summed E-state index contributed by atoms with van der Waals surface area (Å²) in [5.41, 5.74) is 2.86. The predicted octanol–water partition coefficient (Wildman–Crippen LogP) is 4.14. The molecule has 3 rings (SSSR count). The first-order valence-electron chi connectivity index (χ1n) is 7.54. The van der Waals surface area contributed by atoms with Gasteiger partial charge in [0.05, 0.1) is 30.8 Å². The van der Waals surface area contributed by atoms with Gasteiger partial charge in [-0.2, -0.15) is 0 Å². The minimum absolute atomic E-state index is 0.0529. The predicted molar refractivity (Wildman–Crippen MR) is 99.3 cm³/mol. The molecule has 0 aliphatic carbocycles. The molecule has 1 aromatic heterocycles. The summed E-state index contributed by atoms with van der Waals surface area (Å²) >= 11 is 3.37. The number of hydrogen-bond donors (Lipinski definition) is 0. The second-order valence-corrected chi connectivity index (χ2v) is 6.47. The van der Waals surface area contributed by atoms with E-state index in [1.54, 1.807) is 18.8 Å². The highest BCUT2D eigenvalue weighted by Crippen LogP contribution is 2.26. The quantitative estimate of drug-likeness (QED) is 0.675. The molecule has 5 heteroatoms. The van der Waals surface area contributed by atoms with Gasteiger partial charge in [-0.05, 0) is 64.3 Å². The Labute approximate surface area is 148 Å². The zero-order chi connectivity index (χ0) is 17.3. The van der Waals surface area contributed by atoms with Crippen LogP contribution in [0.4, 0.5) is 0 Å². The van der Waals surface area contributed by atoms with Gasteiger partial charge in [-0.25, -0.2) is 0 Å². The van der Waals surface area contributed by atoms with Crippen LogP contribution in [-0.2, 0) is 6.54 Å². The number of pyridine rings is 1. The maximum absolute atomic E-state index is 12.6. The molecule has 1 heterocycles. The van der Waals surface area contributed by atoms with Crippen LogP contribution < -0.4 is 15.0 Å². The van der Waals surface area contributed by atoms with Crippen LogP contribution in [0.3, 0.4) is 0 Å². The van der Waals surface area contributed by atoms with Gasteiger partial charge < -0.3 is 14.0 Å². The van der Waals surface area contributed by atoms with Gasteiger partial charge in [0.2, 0.25) is 0 Å². The molecule has 0 radical (unpaired) electrons. The van der Waals surface area contributed by atoms with Crippen LogP contribution in [0.2, 0.25) is 0 Å². The van der Waals surface area contributed by atoms with Gasteiger partial charge in [0.1, 0.15) is 11.5 Å². The summed E-state index contributed by atoms with van der Waals surface area (Å²) in [6.07, 6.45) is 0. The lowest BCUT2D eigenvalue weighted by Crippen LogP contribution is -2.21. The lowest BCUT2D eigenvalue weighted by molar-refractivity contribution is 0.412. The summed E-state index contributed by atoms with van der Waals surface area (Å²) in [7, 11) is 3.29. The van der Waals surface area contributed by atoms with Crippen molar-refractivity contribution in [2.75, 3.05) is 14.2 Å². The van der Waals surface area contributed by atoms with Gasteiger partial charge in [-0.3, -0.25) is 4.79 Å². The van der Waals surface area contributed by atoms with Crippen LogP contribution in [0.25, 0.3) is 10.9 Å². The first-order valence-corrected chi connectivity index (χ1v) is 8.33. The third kappa shape index (κ3) is 3.04. The number of aryl methyl sites for hydroxylation is 1. The van der Waals surface area contributed by atoms with E-state index in [2.05, 4.69) is 15.9 Å². The summed E-state index contributed by atoms with van der Waals surface area (Å²) < 4.78 is 12.9. The van der Waals surface area contributed by atoms with Crippen molar-refractivity contribution in [2.45, 2.75) is 13.5 Å². The number of rotatable bonds is 4. The summed E-state index contributed by atoms with van der Waals surface area (Å²) in [5.74, 6) is 1.61. The summed E-state index contributed by atoms with van der Waals surface area (Å²) in [6, 6.07) is 13.5. The van der Waals surface area contributed by atoms with E-state index in [4.69, 9.17) is 9.47 Å². The number of nitrogens with zero attached hydrogens (tertiary/aromatic N) is 1. The molecule has 0 bridgehead atoms. The normalized spacial score (nSPS) is 10.8. The van der Waals surface area contributed by atoms with Crippen molar-refractivity contribution in [2.24, 2.45) is 0 Å². The van der Waals surface area contributed by atoms with Crippen LogP contribution >= 0.6 is 15.9 Å². The molecule has 0 N–H and O–H groups in total. The van der Waals surface area contributed by atoms with Crippen molar-refractivity contribution < 1.29 is 9.47 Å². The van der Waals surface area contributed by atoms with Crippen LogP contribution in [0.15, 0.2) is 51.7 Å². The molecule has 0 amide bonds. The standard InChI is InChI=1S/C19H18BrNO3/c1-12-8-17-14(10-18(12)24-3)9-16(20)19(22)21(17)11-13-4-6-15(23-2)7-5-13/h4-10H,11H2,1-3H3. The molecule has 0 unspecified atom stereocenters. The van der Waals surface area contributed by atoms with E-state index in [9.17, 15) is 4.79 Å². The second-order valence-electron chi connectivity index (χ2n) is 5.61. The van der Waals surface area contributed by atoms with E-state index in [1.807, 2.05) is 49.4 Å². The Morgan fingerprint density at radius 2 is 1.75 bits per heavy atom. The molecule has 24 heavy (non-hydrogen) atoms. The summed E-state index contributed by atoms with van der Waals surface area (Å²) in [6.45, 7) is 2.47. The Bertz CT molecular complexity index is 945.